The van der Waals surface area contributed by atoms with Gasteiger partial charge >= 0.3 is 6.09 Å². The number of primary amides is 1. The number of nitrogen functional groups attached to an aromatic ring is 1. The van der Waals surface area contributed by atoms with Gasteiger partial charge in [-0.2, -0.15) is 0 Å². The molecule has 5 N–H and O–H groups in total. The van der Waals surface area contributed by atoms with Crippen molar-refractivity contribution in [2.24, 2.45) is 5.73 Å². The molecular weight excluding hydrogens is 432 g/mol. The highest BCUT2D eigenvalue weighted by Crippen LogP contribution is 2.30. The minimum Gasteiger partial charge on any atom is -0.449 e. The second-order valence-corrected chi connectivity index (χ2v) is 8.09. The summed E-state index contributed by atoms with van der Waals surface area (Å²) in [5.41, 5.74) is 15.5. The lowest BCUT2D eigenvalue weighted by atomic mass is 10.1. The number of para-hydroxylation sites is 1. The molecule has 34 heavy (non-hydrogen) atoms. The van der Waals surface area contributed by atoms with Crippen LogP contribution in [0.5, 0.6) is 0 Å². The third-order valence-corrected chi connectivity index (χ3v) is 5.60. The molecule has 9 nitrogen and oxygen atoms in total. The Balaban J connectivity index is 1.61. The van der Waals surface area contributed by atoms with E-state index in [4.69, 9.17) is 16.5 Å². The summed E-state index contributed by atoms with van der Waals surface area (Å²) in [7, 11) is 0. The van der Waals surface area contributed by atoms with Crippen LogP contribution in [0.3, 0.4) is 0 Å². The monoisotopic (exact) mass is 460 g/mol. The Kier molecular flexibility index (Phi) is 6.91. The number of hydrogen-bond donors (Lipinski definition) is 3. The summed E-state index contributed by atoms with van der Waals surface area (Å²) >= 11 is 0. The molecule has 0 aliphatic carbocycles. The van der Waals surface area contributed by atoms with E-state index < -0.39 is 6.09 Å². The molecule has 0 unspecified atom stereocenters. The van der Waals surface area contributed by atoms with Gasteiger partial charge in [-0.1, -0.05) is 43.7 Å². The Hall–Kier alpha value is -4.14. The van der Waals surface area contributed by atoms with Gasteiger partial charge in [0.2, 0.25) is 5.91 Å². The lowest BCUT2D eigenvalue weighted by molar-refractivity contribution is -0.116. The number of aryl methyl sites for hydroxylation is 1. The van der Waals surface area contributed by atoms with Gasteiger partial charge < -0.3 is 26.1 Å². The molecule has 0 saturated carbocycles. The molecule has 0 aliphatic heterocycles. The van der Waals surface area contributed by atoms with Gasteiger partial charge in [0.25, 0.3) is 0 Å². The smallest absolute Gasteiger partial charge is 0.404 e. The minimum absolute atomic E-state index is 0.0367. The van der Waals surface area contributed by atoms with Crippen molar-refractivity contribution in [3.63, 3.8) is 0 Å². The molecule has 2 aromatic carbocycles. The van der Waals surface area contributed by atoms with E-state index in [9.17, 15) is 9.59 Å². The molecule has 4 aromatic rings. The number of unbranched alkanes of at least 4 members (excludes halogenated alkanes) is 1. The third kappa shape index (κ3) is 5.09. The summed E-state index contributed by atoms with van der Waals surface area (Å²) in [4.78, 5) is 32.0. The molecule has 2 heterocycles. The van der Waals surface area contributed by atoms with Crippen LogP contribution in [0.2, 0.25) is 0 Å². The van der Waals surface area contributed by atoms with Crippen molar-refractivity contribution in [3.05, 3.63) is 59.9 Å². The van der Waals surface area contributed by atoms with Crippen LogP contribution < -0.4 is 16.8 Å². The molecule has 0 spiro atoms. The number of hydrogen-bond acceptors (Lipinski definition) is 6. The van der Waals surface area contributed by atoms with E-state index in [1.165, 1.54) is 0 Å². The number of nitrogens with one attached hydrogen (secondary N) is 1. The molecule has 0 atom stereocenters. The zero-order valence-corrected chi connectivity index (χ0v) is 19.1. The highest BCUT2D eigenvalue weighted by Gasteiger charge is 2.17. The van der Waals surface area contributed by atoms with E-state index in [2.05, 4.69) is 26.5 Å². The lowest BCUT2D eigenvalue weighted by Gasteiger charge is -2.12. The second-order valence-electron chi connectivity index (χ2n) is 8.09. The van der Waals surface area contributed by atoms with Crippen molar-refractivity contribution in [2.45, 2.75) is 39.2 Å². The van der Waals surface area contributed by atoms with E-state index in [-0.39, 0.29) is 18.9 Å². The zero-order valence-electron chi connectivity index (χ0n) is 19.1. The molecule has 2 aromatic heterocycles. The molecule has 0 saturated heterocycles. The fraction of sp³-hybridized carbons (Fsp3) is 0.280. The molecule has 4 rings (SSSR count). The van der Waals surface area contributed by atoms with Crippen LogP contribution in [0, 0.1) is 0 Å². The Labute approximate surface area is 197 Å². The SMILES string of the molecule is CCCCc1nc2c(N)nc3ccccc3c2n1Cc1ccc(NC(=O)CCOC(N)=O)cc1. The zero-order chi connectivity index (χ0) is 24.1. The van der Waals surface area contributed by atoms with Crippen LogP contribution in [0.25, 0.3) is 21.9 Å². The summed E-state index contributed by atoms with van der Waals surface area (Å²) in [6, 6.07) is 15.6. The largest absolute Gasteiger partial charge is 0.449 e. The summed E-state index contributed by atoms with van der Waals surface area (Å²) in [6.45, 7) is 2.72. The van der Waals surface area contributed by atoms with Crippen molar-refractivity contribution in [2.75, 3.05) is 17.7 Å². The number of nitrogens with zero attached hydrogens (tertiary/aromatic N) is 3. The van der Waals surface area contributed by atoms with Gasteiger partial charge in [0.05, 0.1) is 17.5 Å². The van der Waals surface area contributed by atoms with Gasteiger partial charge in [0, 0.05) is 24.0 Å². The predicted octanol–water partition coefficient (Wildman–Crippen LogP) is 3.98. The Morgan fingerprint density at radius 1 is 1.09 bits per heavy atom. The standard InChI is InChI=1S/C25H28N6O3/c1-2-3-8-20-30-22-23(18-6-4-5-7-19(18)29-24(22)26)31(20)15-16-9-11-17(12-10-16)28-21(32)13-14-34-25(27)33/h4-7,9-12H,2-3,8,13-15H2,1H3,(H2,26,29)(H2,27,33)(H,28,32). The van der Waals surface area contributed by atoms with Crippen LogP contribution in [-0.4, -0.2) is 33.1 Å². The fourth-order valence-electron chi connectivity index (χ4n) is 3.94. The second kappa shape index (κ2) is 10.2. The van der Waals surface area contributed by atoms with Crippen molar-refractivity contribution in [3.8, 4) is 0 Å². The number of carbonyl (C=O) groups is 2. The van der Waals surface area contributed by atoms with Crippen LogP contribution in [-0.2, 0) is 22.5 Å². The molecule has 176 valence electrons. The topological polar surface area (TPSA) is 138 Å². The number of amides is 2. The van der Waals surface area contributed by atoms with Gasteiger partial charge in [0.15, 0.2) is 5.82 Å². The number of benzene rings is 2. The first-order valence-corrected chi connectivity index (χ1v) is 11.3. The van der Waals surface area contributed by atoms with E-state index in [0.29, 0.717) is 18.1 Å². The summed E-state index contributed by atoms with van der Waals surface area (Å²) in [6.07, 6.45) is 2.08. The number of rotatable bonds is 9. The average molecular weight is 461 g/mol. The molecule has 0 fully saturated rings. The number of carbonyl (C=O) groups excluding carboxylic acids is 2. The maximum atomic E-state index is 12.0. The lowest BCUT2D eigenvalue weighted by Crippen LogP contribution is -2.18. The first-order chi connectivity index (χ1) is 16.5. The van der Waals surface area contributed by atoms with Crippen LogP contribution in [0.15, 0.2) is 48.5 Å². The summed E-state index contributed by atoms with van der Waals surface area (Å²) in [5, 5.41) is 3.80. The van der Waals surface area contributed by atoms with Crippen LogP contribution in [0.4, 0.5) is 16.3 Å². The van der Waals surface area contributed by atoms with Crippen LogP contribution >= 0.6 is 0 Å². The maximum absolute atomic E-state index is 12.0. The average Bonchev–Trinajstić information content (AvgIpc) is 3.18. The molecular formula is C25H28N6O3. The van der Waals surface area contributed by atoms with Gasteiger partial charge in [-0.15, -0.1) is 0 Å². The number of nitrogens with two attached hydrogens (primary N) is 2. The summed E-state index contributed by atoms with van der Waals surface area (Å²) < 4.78 is 6.82. The van der Waals surface area contributed by atoms with E-state index >= 15 is 0 Å². The highest BCUT2D eigenvalue weighted by atomic mass is 16.5. The van der Waals surface area contributed by atoms with Crippen molar-refractivity contribution in [1.29, 1.82) is 0 Å². The quantitative estimate of drug-likeness (QED) is 0.345. The number of ether oxygens (including phenoxy) is 1. The van der Waals surface area contributed by atoms with Gasteiger partial charge in [-0.3, -0.25) is 4.79 Å². The number of aromatic nitrogens is 3. The van der Waals surface area contributed by atoms with Crippen molar-refractivity contribution >= 4 is 45.4 Å². The van der Waals surface area contributed by atoms with Crippen molar-refractivity contribution < 1.29 is 14.3 Å². The van der Waals surface area contributed by atoms with E-state index in [1.807, 2.05) is 48.5 Å². The molecule has 9 heteroatoms. The van der Waals surface area contributed by atoms with Gasteiger partial charge in [-0.05, 0) is 30.2 Å². The third-order valence-electron chi connectivity index (χ3n) is 5.60. The normalized spacial score (nSPS) is 11.1. The first-order valence-electron chi connectivity index (χ1n) is 11.3. The molecule has 2 amide bonds. The molecule has 0 radical (unpaired) electrons. The highest BCUT2D eigenvalue weighted by molar-refractivity contribution is 6.06. The van der Waals surface area contributed by atoms with Crippen LogP contribution in [0.1, 0.15) is 37.6 Å². The number of fused-ring (bicyclic) bond motifs is 3. The fourth-order valence-corrected chi connectivity index (χ4v) is 3.94. The maximum Gasteiger partial charge on any atom is 0.404 e. The minimum atomic E-state index is -0.896. The number of pyridine rings is 1. The summed E-state index contributed by atoms with van der Waals surface area (Å²) in [5.74, 6) is 1.16. The van der Waals surface area contributed by atoms with E-state index in [0.717, 1.165) is 52.6 Å². The molecule has 0 bridgehead atoms. The van der Waals surface area contributed by atoms with E-state index in [1.54, 1.807) is 0 Å². The Morgan fingerprint density at radius 2 is 1.85 bits per heavy atom. The van der Waals surface area contributed by atoms with Crippen molar-refractivity contribution in [1.82, 2.24) is 14.5 Å². The van der Waals surface area contributed by atoms with Gasteiger partial charge in [-0.25, -0.2) is 14.8 Å². The number of imidazole rings is 1. The molecule has 0 aliphatic rings. The Bertz CT molecular complexity index is 1330. The Morgan fingerprint density at radius 3 is 2.59 bits per heavy atom. The predicted molar refractivity (Wildman–Crippen MR) is 132 cm³/mol. The first kappa shape index (κ1) is 23.0. The van der Waals surface area contributed by atoms with Gasteiger partial charge in [0.1, 0.15) is 17.9 Å². The number of anilines is 2.